The number of ether oxygens (including phenoxy) is 1. The summed E-state index contributed by atoms with van der Waals surface area (Å²) in [7, 11) is 0. The molecule has 1 aliphatic heterocycles. The van der Waals surface area contributed by atoms with E-state index in [4.69, 9.17) is 9.84 Å². The zero-order chi connectivity index (χ0) is 12.0. The predicted octanol–water partition coefficient (Wildman–Crippen LogP) is 1.87. The van der Waals surface area contributed by atoms with E-state index in [-0.39, 0.29) is 19.3 Å². The molecule has 4 heteroatoms. The second-order valence-corrected chi connectivity index (χ2v) is 4.76. The Kier molecular flexibility index (Phi) is 5.60. The molecule has 94 valence electrons. The Morgan fingerprint density at radius 3 is 2.81 bits per heavy atom. The summed E-state index contributed by atoms with van der Waals surface area (Å²) in [6.07, 6.45) is 3.03. The van der Waals surface area contributed by atoms with Crippen LogP contribution in [-0.4, -0.2) is 42.4 Å². The lowest BCUT2D eigenvalue weighted by molar-refractivity contribution is 0.0847. The van der Waals surface area contributed by atoms with Crippen molar-refractivity contribution in [3.05, 3.63) is 0 Å². The van der Waals surface area contributed by atoms with Crippen molar-refractivity contribution in [3.63, 3.8) is 0 Å². The number of likely N-dealkylation sites (tertiary alicyclic amines) is 1. The van der Waals surface area contributed by atoms with Crippen LogP contribution < -0.4 is 0 Å². The van der Waals surface area contributed by atoms with Crippen molar-refractivity contribution < 1.29 is 14.6 Å². The number of carbonyl (C=O) groups excluding carboxylic acids is 1. The van der Waals surface area contributed by atoms with E-state index < -0.39 is 0 Å². The molecule has 1 amide bonds. The van der Waals surface area contributed by atoms with Gasteiger partial charge in [-0.3, -0.25) is 0 Å². The quantitative estimate of drug-likeness (QED) is 0.803. The summed E-state index contributed by atoms with van der Waals surface area (Å²) in [5, 5.41) is 8.59. The highest BCUT2D eigenvalue weighted by molar-refractivity contribution is 5.67. The van der Waals surface area contributed by atoms with Crippen LogP contribution in [0.15, 0.2) is 0 Å². The van der Waals surface area contributed by atoms with Crippen LogP contribution in [0.4, 0.5) is 4.79 Å². The van der Waals surface area contributed by atoms with Gasteiger partial charge < -0.3 is 14.7 Å². The molecule has 1 aliphatic rings. The fourth-order valence-electron chi connectivity index (χ4n) is 2.20. The summed E-state index contributed by atoms with van der Waals surface area (Å²) in [6.45, 7) is 6.05. The van der Waals surface area contributed by atoms with Crippen LogP contribution in [0.2, 0.25) is 0 Å². The molecule has 1 unspecified atom stereocenters. The van der Waals surface area contributed by atoms with Crippen molar-refractivity contribution in [2.75, 3.05) is 26.3 Å². The van der Waals surface area contributed by atoms with Crippen LogP contribution in [0, 0.1) is 11.8 Å². The van der Waals surface area contributed by atoms with Gasteiger partial charge in [0.1, 0.15) is 6.61 Å². The zero-order valence-corrected chi connectivity index (χ0v) is 10.3. The van der Waals surface area contributed by atoms with Crippen molar-refractivity contribution in [2.45, 2.75) is 33.1 Å². The Morgan fingerprint density at radius 2 is 2.19 bits per heavy atom. The number of amides is 1. The summed E-state index contributed by atoms with van der Waals surface area (Å²) in [4.78, 5) is 13.3. The van der Waals surface area contributed by atoms with Gasteiger partial charge in [-0.2, -0.15) is 0 Å². The number of hydrogen-bond donors (Lipinski definition) is 1. The average molecular weight is 229 g/mol. The third kappa shape index (κ3) is 4.00. The minimum Gasteiger partial charge on any atom is -0.447 e. The molecule has 0 spiro atoms. The van der Waals surface area contributed by atoms with E-state index in [9.17, 15) is 4.79 Å². The molecular weight excluding hydrogens is 206 g/mol. The van der Waals surface area contributed by atoms with Crippen LogP contribution in [0.25, 0.3) is 0 Å². The third-order valence-electron chi connectivity index (χ3n) is 3.29. The molecule has 4 nitrogen and oxygen atoms in total. The van der Waals surface area contributed by atoms with E-state index in [0.29, 0.717) is 5.92 Å². The molecule has 0 aromatic rings. The smallest absolute Gasteiger partial charge is 0.409 e. The number of nitrogens with zero attached hydrogens (tertiary/aromatic N) is 1. The third-order valence-corrected chi connectivity index (χ3v) is 3.29. The molecule has 1 atom stereocenters. The van der Waals surface area contributed by atoms with Crippen LogP contribution in [0.1, 0.15) is 33.1 Å². The van der Waals surface area contributed by atoms with Gasteiger partial charge in [0.2, 0.25) is 0 Å². The van der Waals surface area contributed by atoms with E-state index in [1.807, 2.05) is 0 Å². The minimum atomic E-state index is -0.279. The molecule has 0 aliphatic carbocycles. The lowest BCUT2D eigenvalue weighted by Crippen LogP contribution is -2.33. The van der Waals surface area contributed by atoms with E-state index in [1.165, 1.54) is 6.42 Å². The van der Waals surface area contributed by atoms with E-state index in [2.05, 4.69) is 13.8 Å². The van der Waals surface area contributed by atoms with Gasteiger partial charge in [0, 0.05) is 13.1 Å². The first kappa shape index (κ1) is 13.3. The SMILES string of the molecule is CC(C)C1CCCN(C(=O)OCCO)CC1. The van der Waals surface area contributed by atoms with Crippen molar-refractivity contribution in [2.24, 2.45) is 11.8 Å². The Bertz CT molecular complexity index is 218. The first-order valence-electron chi connectivity index (χ1n) is 6.17. The van der Waals surface area contributed by atoms with Gasteiger partial charge in [-0.25, -0.2) is 4.79 Å². The molecule has 0 bridgehead atoms. The molecule has 0 saturated carbocycles. The van der Waals surface area contributed by atoms with Crippen LogP contribution >= 0.6 is 0 Å². The lowest BCUT2D eigenvalue weighted by atomic mass is 9.89. The van der Waals surface area contributed by atoms with E-state index in [1.54, 1.807) is 4.90 Å². The Balaban J connectivity index is 2.37. The topological polar surface area (TPSA) is 49.8 Å². The zero-order valence-electron chi connectivity index (χ0n) is 10.3. The van der Waals surface area contributed by atoms with Gasteiger partial charge in [0.25, 0.3) is 0 Å². The van der Waals surface area contributed by atoms with Crippen LogP contribution in [0.5, 0.6) is 0 Å². The first-order chi connectivity index (χ1) is 7.65. The van der Waals surface area contributed by atoms with Crippen molar-refractivity contribution >= 4 is 6.09 Å². The maximum atomic E-state index is 11.6. The monoisotopic (exact) mass is 229 g/mol. The average Bonchev–Trinajstić information content (AvgIpc) is 2.51. The highest BCUT2D eigenvalue weighted by Gasteiger charge is 2.22. The number of carbonyl (C=O) groups is 1. The van der Waals surface area contributed by atoms with Gasteiger partial charge in [-0.1, -0.05) is 13.8 Å². The van der Waals surface area contributed by atoms with Gasteiger partial charge in [-0.15, -0.1) is 0 Å². The second-order valence-electron chi connectivity index (χ2n) is 4.76. The maximum absolute atomic E-state index is 11.6. The molecule has 0 radical (unpaired) electrons. The highest BCUT2D eigenvalue weighted by Crippen LogP contribution is 2.24. The standard InChI is InChI=1S/C12H23NO3/c1-10(2)11-4-3-6-13(7-5-11)12(15)16-9-8-14/h10-11,14H,3-9H2,1-2H3. The normalized spacial score (nSPS) is 22.0. The van der Waals surface area contributed by atoms with Gasteiger partial charge >= 0.3 is 6.09 Å². The first-order valence-corrected chi connectivity index (χ1v) is 6.17. The van der Waals surface area contributed by atoms with Crippen molar-refractivity contribution in [1.82, 2.24) is 4.90 Å². The number of rotatable bonds is 3. The highest BCUT2D eigenvalue weighted by atomic mass is 16.6. The number of aliphatic hydroxyl groups is 1. The molecular formula is C12H23NO3. The molecule has 0 aromatic heterocycles. The Morgan fingerprint density at radius 1 is 1.44 bits per heavy atom. The molecule has 1 fully saturated rings. The summed E-state index contributed by atoms with van der Waals surface area (Å²) in [5.41, 5.74) is 0. The van der Waals surface area contributed by atoms with Gasteiger partial charge in [0.15, 0.2) is 0 Å². The molecule has 1 saturated heterocycles. The van der Waals surface area contributed by atoms with E-state index in [0.717, 1.165) is 31.8 Å². The van der Waals surface area contributed by atoms with Crippen molar-refractivity contribution in [3.8, 4) is 0 Å². The predicted molar refractivity (Wildman–Crippen MR) is 62.2 cm³/mol. The second kappa shape index (κ2) is 6.74. The number of aliphatic hydroxyl groups excluding tert-OH is 1. The summed E-state index contributed by atoms with van der Waals surface area (Å²) in [6, 6.07) is 0. The molecule has 0 aromatic carbocycles. The molecule has 1 heterocycles. The summed E-state index contributed by atoms with van der Waals surface area (Å²) in [5.74, 6) is 1.41. The maximum Gasteiger partial charge on any atom is 0.409 e. The van der Waals surface area contributed by atoms with Crippen molar-refractivity contribution in [1.29, 1.82) is 0 Å². The Labute approximate surface area is 97.6 Å². The van der Waals surface area contributed by atoms with Gasteiger partial charge in [-0.05, 0) is 31.1 Å². The molecule has 1 N–H and O–H groups in total. The van der Waals surface area contributed by atoms with Crippen LogP contribution in [0.3, 0.4) is 0 Å². The fourth-order valence-corrected chi connectivity index (χ4v) is 2.20. The van der Waals surface area contributed by atoms with Gasteiger partial charge in [0.05, 0.1) is 6.61 Å². The van der Waals surface area contributed by atoms with Crippen LogP contribution in [-0.2, 0) is 4.74 Å². The Hall–Kier alpha value is -0.770. The largest absolute Gasteiger partial charge is 0.447 e. The summed E-state index contributed by atoms with van der Waals surface area (Å²) >= 11 is 0. The lowest BCUT2D eigenvalue weighted by Gasteiger charge is -2.20. The fraction of sp³-hybridized carbons (Fsp3) is 0.917. The number of hydrogen-bond acceptors (Lipinski definition) is 3. The summed E-state index contributed by atoms with van der Waals surface area (Å²) < 4.78 is 4.92. The van der Waals surface area contributed by atoms with E-state index >= 15 is 0 Å². The molecule has 16 heavy (non-hydrogen) atoms. The minimum absolute atomic E-state index is 0.100. The molecule has 1 rings (SSSR count).